The number of esters is 1. The number of ether oxygens (including phenoxy) is 2. The van der Waals surface area contributed by atoms with Crippen LogP contribution in [0.15, 0.2) is 0 Å². The van der Waals surface area contributed by atoms with Gasteiger partial charge in [0.15, 0.2) is 0 Å². The normalized spacial score (nSPS) is 22.8. The monoisotopic (exact) mass is 301 g/mol. The van der Waals surface area contributed by atoms with Crippen LogP contribution >= 0.6 is 0 Å². The molecule has 2 atom stereocenters. The van der Waals surface area contributed by atoms with Crippen LogP contribution in [0.2, 0.25) is 0 Å². The van der Waals surface area contributed by atoms with Gasteiger partial charge in [0.25, 0.3) is 0 Å². The van der Waals surface area contributed by atoms with Crippen molar-refractivity contribution in [1.82, 2.24) is 4.90 Å². The number of carbonyl (C=O) groups excluding carboxylic acids is 2. The van der Waals surface area contributed by atoms with Crippen LogP contribution in [0.4, 0.5) is 4.79 Å². The van der Waals surface area contributed by atoms with E-state index in [4.69, 9.17) is 9.47 Å². The molecule has 0 aromatic heterocycles. The summed E-state index contributed by atoms with van der Waals surface area (Å²) in [4.78, 5) is 26.0. The molecule has 1 amide bonds. The van der Waals surface area contributed by atoms with Gasteiger partial charge in [-0.3, -0.25) is 4.90 Å². The first-order chi connectivity index (χ1) is 9.80. The molecule has 0 aliphatic carbocycles. The highest BCUT2D eigenvalue weighted by Gasteiger charge is 2.40. The molecule has 0 radical (unpaired) electrons. The van der Waals surface area contributed by atoms with Crippen LogP contribution in [-0.2, 0) is 14.3 Å². The largest absolute Gasteiger partial charge is 0.464 e. The summed E-state index contributed by atoms with van der Waals surface area (Å²) in [6.45, 7) is 7.35. The number of piperidine rings is 1. The van der Waals surface area contributed by atoms with Crippen molar-refractivity contribution < 1.29 is 24.2 Å². The third-order valence-electron chi connectivity index (χ3n) is 3.37. The fraction of sp³-hybridized carbons (Fsp3) is 0.867. The van der Waals surface area contributed by atoms with Crippen LogP contribution in [0.1, 0.15) is 53.4 Å². The van der Waals surface area contributed by atoms with Crippen molar-refractivity contribution in [3.05, 3.63) is 0 Å². The molecule has 21 heavy (non-hydrogen) atoms. The highest BCUT2D eigenvalue weighted by atomic mass is 16.6. The minimum atomic E-state index is -0.627. The SMILES string of the molecule is CCOC(=O)C1CCCC(CCO)N1C(=O)OC(C)(C)C. The van der Waals surface area contributed by atoms with Crippen LogP contribution in [0.25, 0.3) is 0 Å². The maximum Gasteiger partial charge on any atom is 0.411 e. The summed E-state index contributed by atoms with van der Waals surface area (Å²) in [5, 5.41) is 9.18. The van der Waals surface area contributed by atoms with Gasteiger partial charge in [-0.15, -0.1) is 0 Å². The fourth-order valence-corrected chi connectivity index (χ4v) is 2.57. The number of amides is 1. The van der Waals surface area contributed by atoms with Crippen molar-refractivity contribution in [3.63, 3.8) is 0 Å². The Labute approximate surface area is 126 Å². The molecule has 0 saturated carbocycles. The molecule has 0 aromatic carbocycles. The number of aliphatic hydroxyl groups is 1. The highest BCUT2D eigenvalue weighted by Crippen LogP contribution is 2.28. The Morgan fingerprint density at radius 3 is 2.48 bits per heavy atom. The first-order valence-corrected chi connectivity index (χ1v) is 7.59. The molecule has 1 fully saturated rings. The van der Waals surface area contributed by atoms with Crippen molar-refractivity contribution in [1.29, 1.82) is 0 Å². The maximum atomic E-state index is 12.4. The van der Waals surface area contributed by atoms with Crippen molar-refractivity contribution in [2.45, 2.75) is 71.1 Å². The van der Waals surface area contributed by atoms with E-state index in [2.05, 4.69) is 0 Å². The first-order valence-electron chi connectivity index (χ1n) is 7.59. The summed E-state index contributed by atoms with van der Waals surface area (Å²) in [6, 6.07) is -0.807. The van der Waals surface area contributed by atoms with E-state index in [1.165, 1.54) is 4.90 Å². The molecule has 122 valence electrons. The van der Waals surface area contributed by atoms with Crippen molar-refractivity contribution in [2.75, 3.05) is 13.2 Å². The van der Waals surface area contributed by atoms with Gasteiger partial charge in [0, 0.05) is 12.6 Å². The number of hydrogen-bond donors (Lipinski definition) is 1. The fourth-order valence-electron chi connectivity index (χ4n) is 2.57. The van der Waals surface area contributed by atoms with Crippen LogP contribution in [0.5, 0.6) is 0 Å². The molecule has 1 heterocycles. The number of rotatable bonds is 4. The molecule has 6 nitrogen and oxygen atoms in total. The topological polar surface area (TPSA) is 76.1 Å². The Balaban J connectivity index is 2.93. The third kappa shape index (κ3) is 5.19. The number of aliphatic hydroxyl groups excluding tert-OH is 1. The van der Waals surface area contributed by atoms with E-state index in [1.807, 2.05) is 0 Å². The Morgan fingerprint density at radius 1 is 1.29 bits per heavy atom. The first kappa shape index (κ1) is 17.8. The van der Waals surface area contributed by atoms with Gasteiger partial charge in [0.05, 0.1) is 6.61 Å². The summed E-state index contributed by atoms with van der Waals surface area (Å²) in [5.74, 6) is -0.397. The molecular formula is C15H27NO5. The van der Waals surface area contributed by atoms with E-state index < -0.39 is 23.7 Å². The van der Waals surface area contributed by atoms with Gasteiger partial charge in [-0.05, 0) is 53.4 Å². The summed E-state index contributed by atoms with van der Waals surface area (Å²) >= 11 is 0. The van der Waals surface area contributed by atoms with Gasteiger partial charge < -0.3 is 14.6 Å². The van der Waals surface area contributed by atoms with Gasteiger partial charge in [-0.2, -0.15) is 0 Å². The third-order valence-corrected chi connectivity index (χ3v) is 3.37. The lowest BCUT2D eigenvalue weighted by atomic mass is 9.94. The van der Waals surface area contributed by atoms with Gasteiger partial charge in [-0.25, -0.2) is 9.59 Å². The molecule has 0 bridgehead atoms. The molecule has 1 aliphatic rings. The van der Waals surface area contributed by atoms with E-state index in [9.17, 15) is 14.7 Å². The number of carbonyl (C=O) groups is 2. The van der Waals surface area contributed by atoms with Crippen molar-refractivity contribution >= 4 is 12.1 Å². The summed E-state index contributed by atoms with van der Waals surface area (Å²) in [5.41, 5.74) is -0.627. The minimum Gasteiger partial charge on any atom is -0.464 e. The molecule has 0 aromatic rings. The van der Waals surface area contributed by atoms with E-state index in [0.29, 0.717) is 12.8 Å². The molecule has 1 rings (SSSR count). The Hall–Kier alpha value is -1.30. The molecule has 1 saturated heterocycles. The van der Waals surface area contributed by atoms with Crippen LogP contribution in [0.3, 0.4) is 0 Å². The number of likely N-dealkylation sites (tertiary alicyclic amines) is 1. The Morgan fingerprint density at radius 2 is 1.95 bits per heavy atom. The second-order valence-electron chi connectivity index (χ2n) is 6.25. The smallest absolute Gasteiger partial charge is 0.411 e. The van der Waals surface area contributed by atoms with Crippen molar-refractivity contribution in [2.24, 2.45) is 0 Å². The molecular weight excluding hydrogens is 274 g/mol. The maximum absolute atomic E-state index is 12.4. The Bertz CT molecular complexity index is 362. The second-order valence-corrected chi connectivity index (χ2v) is 6.25. The summed E-state index contributed by atoms with van der Waals surface area (Å²) in [6.07, 6.45) is 2.08. The average molecular weight is 301 g/mol. The number of nitrogens with zero attached hydrogens (tertiary/aromatic N) is 1. The minimum absolute atomic E-state index is 0.0283. The average Bonchev–Trinajstić information content (AvgIpc) is 2.37. The second kappa shape index (κ2) is 7.64. The molecule has 1 aliphatic heterocycles. The molecule has 0 spiro atoms. The standard InChI is InChI=1S/C15H27NO5/c1-5-20-13(18)12-8-6-7-11(9-10-17)16(12)14(19)21-15(2,3)4/h11-12,17H,5-10H2,1-4H3. The highest BCUT2D eigenvalue weighted by molar-refractivity contribution is 5.82. The van der Waals surface area contributed by atoms with Crippen LogP contribution in [-0.4, -0.2) is 53.0 Å². The van der Waals surface area contributed by atoms with E-state index in [1.54, 1.807) is 27.7 Å². The van der Waals surface area contributed by atoms with Crippen LogP contribution < -0.4 is 0 Å². The van der Waals surface area contributed by atoms with Crippen molar-refractivity contribution in [3.8, 4) is 0 Å². The Kier molecular flexibility index (Phi) is 6.45. The van der Waals surface area contributed by atoms with E-state index >= 15 is 0 Å². The summed E-state index contributed by atoms with van der Waals surface area (Å²) in [7, 11) is 0. The molecule has 1 N–H and O–H groups in total. The number of hydrogen-bond acceptors (Lipinski definition) is 5. The van der Waals surface area contributed by atoms with E-state index in [-0.39, 0.29) is 19.3 Å². The van der Waals surface area contributed by atoms with Gasteiger partial charge in [0.2, 0.25) is 0 Å². The lowest BCUT2D eigenvalue weighted by Gasteiger charge is -2.41. The van der Waals surface area contributed by atoms with Gasteiger partial charge in [0.1, 0.15) is 11.6 Å². The van der Waals surface area contributed by atoms with E-state index in [0.717, 1.165) is 12.8 Å². The zero-order valence-electron chi connectivity index (χ0n) is 13.4. The zero-order chi connectivity index (χ0) is 16.0. The van der Waals surface area contributed by atoms with Gasteiger partial charge in [-0.1, -0.05) is 0 Å². The predicted octanol–water partition coefficient (Wildman–Crippen LogP) is 2.09. The summed E-state index contributed by atoms with van der Waals surface area (Å²) < 4.78 is 10.5. The predicted molar refractivity (Wildman–Crippen MR) is 77.8 cm³/mol. The molecule has 6 heteroatoms. The zero-order valence-corrected chi connectivity index (χ0v) is 13.4. The molecule has 2 unspecified atom stereocenters. The lowest BCUT2D eigenvalue weighted by Crippen LogP contribution is -2.55. The quantitative estimate of drug-likeness (QED) is 0.805. The van der Waals surface area contributed by atoms with Gasteiger partial charge >= 0.3 is 12.1 Å². The van der Waals surface area contributed by atoms with Crippen LogP contribution in [0, 0.1) is 0 Å². The lowest BCUT2D eigenvalue weighted by molar-refractivity contribution is -0.152.